The minimum Gasteiger partial charge on any atom is -0.497 e. The number of aryl methyl sites for hydroxylation is 1. The van der Waals surface area contributed by atoms with Crippen LogP contribution in [0.4, 0.5) is 11.5 Å². The van der Waals surface area contributed by atoms with Gasteiger partial charge in [-0.25, -0.2) is 4.98 Å². The molecule has 0 bridgehead atoms. The molecule has 2 aromatic rings. The van der Waals surface area contributed by atoms with E-state index < -0.39 is 0 Å². The molecule has 0 saturated heterocycles. The Bertz CT molecular complexity index is 713. The number of guanidine groups is 1. The summed E-state index contributed by atoms with van der Waals surface area (Å²) in [6.45, 7) is 2.21. The molecule has 7 heteroatoms. The Labute approximate surface area is 141 Å². The van der Waals surface area contributed by atoms with E-state index in [2.05, 4.69) is 20.6 Å². The lowest BCUT2D eigenvalue weighted by Gasteiger charge is -2.07. The average Bonchev–Trinajstić information content (AvgIpc) is 2.57. The predicted octanol–water partition coefficient (Wildman–Crippen LogP) is 2.15. The fraction of sp³-hybridized carbons (Fsp3) is 0.235. The van der Waals surface area contributed by atoms with E-state index in [1.165, 1.54) is 0 Å². The number of carbonyl (C=O) groups excluding carboxylic acids is 1. The summed E-state index contributed by atoms with van der Waals surface area (Å²) in [4.78, 5) is 20.1. The number of nitrogens with one attached hydrogen (secondary N) is 2. The monoisotopic (exact) mass is 327 g/mol. The van der Waals surface area contributed by atoms with Crippen LogP contribution < -0.4 is 21.1 Å². The number of nitrogens with zero attached hydrogens (tertiary/aromatic N) is 2. The van der Waals surface area contributed by atoms with E-state index in [9.17, 15) is 4.79 Å². The molecular formula is C17H21N5O2. The Hall–Kier alpha value is -3.09. The average molecular weight is 327 g/mol. The summed E-state index contributed by atoms with van der Waals surface area (Å²) in [6, 6.07) is 11.0. The molecule has 126 valence electrons. The highest BCUT2D eigenvalue weighted by Gasteiger charge is 2.03. The number of amides is 1. The first-order chi connectivity index (χ1) is 11.6. The normalized spacial score (nSPS) is 11.0. The van der Waals surface area contributed by atoms with Crippen LogP contribution in [0.25, 0.3) is 0 Å². The highest BCUT2D eigenvalue weighted by atomic mass is 16.5. The molecule has 1 aromatic heterocycles. The number of nitrogens with two attached hydrogens (primary N) is 1. The maximum Gasteiger partial charge on any atom is 0.227 e. The summed E-state index contributed by atoms with van der Waals surface area (Å²) in [5.74, 6) is 1.32. The molecule has 1 amide bonds. The number of methoxy groups -OCH3 is 1. The molecule has 0 spiro atoms. The molecule has 0 radical (unpaired) electrons. The molecule has 0 saturated carbocycles. The second-order valence-corrected chi connectivity index (χ2v) is 5.14. The smallest absolute Gasteiger partial charge is 0.227 e. The van der Waals surface area contributed by atoms with Crippen LogP contribution in [0.1, 0.15) is 12.0 Å². The molecule has 0 atom stereocenters. The van der Waals surface area contributed by atoms with Crippen molar-refractivity contribution < 1.29 is 9.53 Å². The zero-order chi connectivity index (χ0) is 17.4. The third-order valence-electron chi connectivity index (χ3n) is 3.14. The topological polar surface area (TPSA) is 102 Å². The van der Waals surface area contributed by atoms with Gasteiger partial charge in [0.2, 0.25) is 5.91 Å². The predicted molar refractivity (Wildman–Crippen MR) is 95.3 cm³/mol. The summed E-state index contributed by atoms with van der Waals surface area (Å²) in [5, 5.41) is 5.66. The molecule has 0 unspecified atom stereocenters. The largest absolute Gasteiger partial charge is 0.497 e. The number of rotatable bonds is 6. The number of pyridine rings is 1. The lowest BCUT2D eigenvalue weighted by atomic mass is 10.3. The second-order valence-electron chi connectivity index (χ2n) is 5.14. The fourth-order valence-corrected chi connectivity index (χ4v) is 1.91. The minimum atomic E-state index is -0.163. The van der Waals surface area contributed by atoms with Crippen molar-refractivity contribution in [2.24, 2.45) is 10.7 Å². The van der Waals surface area contributed by atoms with E-state index in [-0.39, 0.29) is 24.8 Å². The van der Waals surface area contributed by atoms with Gasteiger partial charge in [-0.15, -0.1) is 0 Å². The SMILES string of the molecule is COc1cccc(NC(N)=NCCC(=O)Nc2ccc(C)cn2)c1. The van der Waals surface area contributed by atoms with Crippen molar-refractivity contribution in [3.8, 4) is 5.75 Å². The van der Waals surface area contributed by atoms with Gasteiger partial charge < -0.3 is 21.1 Å². The number of hydrogen-bond acceptors (Lipinski definition) is 4. The van der Waals surface area contributed by atoms with Crippen LogP contribution in [0.3, 0.4) is 0 Å². The molecule has 1 heterocycles. The number of aromatic nitrogens is 1. The maximum absolute atomic E-state index is 11.8. The summed E-state index contributed by atoms with van der Waals surface area (Å²) < 4.78 is 5.13. The quantitative estimate of drug-likeness (QED) is 0.557. The van der Waals surface area contributed by atoms with Gasteiger partial charge in [0.25, 0.3) is 0 Å². The Morgan fingerprint density at radius 3 is 2.83 bits per heavy atom. The van der Waals surface area contributed by atoms with Gasteiger partial charge >= 0.3 is 0 Å². The van der Waals surface area contributed by atoms with Crippen LogP contribution in [0.5, 0.6) is 5.75 Å². The zero-order valence-corrected chi connectivity index (χ0v) is 13.7. The molecular weight excluding hydrogens is 306 g/mol. The number of anilines is 2. The fourth-order valence-electron chi connectivity index (χ4n) is 1.91. The number of carbonyl (C=O) groups is 1. The first-order valence-corrected chi connectivity index (χ1v) is 7.50. The number of hydrogen-bond donors (Lipinski definition) is 3. The van der Waals surface area contributed by atoms with Crippen molar-refractivity contribution in [2.75, 3.05) is 24.3 Å². The standard InChI is InChI=1S/C17H21N5O2/c1-12-6-7-15(20-11-12)22-16(23)8-9-19-17(18)21-13-4-3-5-14(10-13)24-2/h3-7,10-11H,8-9H2,1-2H3,(H3,18,19,21)(H,20,22,23). The highest BCUT2D eigenvalue weighted by Crippen LogP contribution is 2.16. The molecule has 1 aromatic carbocycles. The number of aliphatic imine (C=N–C) groups is 1. The molecule has 0 aliphatic carbocycles. The van der Waals surface area contributed by atoms with Gasteiger partial charge in [-0.05, 0) is 30.7 Å². The third-order valence-corrected chi connectivity index (χ3v) is 3.14. The Balaban J connectivity index is 1.79. The summed E-state index contributed by atoms with van der Waals surface area (Å²) in [7, 11) is 1.60. The summed E-state index contributed by atoms with van der Waals surface area (Å²) >= 11 is 0. The van der Waals surface area contributed by atoms with Crippen molar-refractivity contribution in [2.45, 2.75) is 13.3 Å². The minimum absolute atomic E-state index is 0.163. The Morgan fingerprint density at radius 2 is 2.12 bits per heavy atom. The van der Waals surface area contributed by atoms with Crippen LogP contribution >= 0.6 is 0 Å². The van der Waals surface area contributed by atoms with Gasteiger partial charge in [-0.3, -0.25) is 9.79 Å². The Morgan fingerprint density at radius 1 is 1.29 bits per heavy atom. The second kappa shape index (κ2) is 8.52. The van der Waals surface area contributed by atoms with Crippen LogP contribution in [-0.4, -0.2) is 30.5 Å². The first kappa shape index (κ1) is 17.3. The van der Waals surface area contributed by atoms with Crippen molar-refractivity contribution >= 4 is 23.4 Å². The van der Waals surface area contributed by atoms with E-state index in [1.54, 1.807) is 25.4 Å². The van der Waals surface area contributed by atoms with Gasteiger partial charge in [0, 0.05) is 24.4 Å². The van der Waals surface area contributed by atoms with Crippen LogP contribution in [0.2, 0.25) is 0 Å². The van der Waals surface area contributed by atoms with Gasteiger partial charge in [0.15, 0.2) is 5.96 Å². The van der Waals surface area contributed by atoms with Crippen LogP contribution in [0, 0.1) is 6.92 Å². The first-order valence-electron chi connectivity index (χ1n) is 7.50. The van der Waals surface area contributed by atoms with E-state index in [0.29, 0.717) is 5.82 Å². The highest BCUT2D eigenvalue weighted by molar-refractivity contribution is 5.93. The summed E-state index contributed by atoms with van der Waals surface area (Å²) in [6.07, 6.45) is 1.92. The van der Waals surface area contributed by atoms with Gasteiger partial charge in [0.1, 0.15) is 11.6 Å². The lowest BCUT2D eigenvalue weighted by molar-refractivity contribution is -0.116. The zero-order valence-electron chi connectivity index (χ0n) is 13.7. The molecule has 4 N–H and O–H groups in total. The van der Waals surface area contributed by atoms with E-state index in [4.69, 9.17) is 10.5 Å². The van der Waals surface area contributed by atoms with Crippen molar-refractivity contribution in [1.29, 1.82) is 0 Å². The van der Waals surface area contributed by atoms with Crippen molar-refractivity contribution in [3.05, 3.63) is 48.2 Å². The van der Waals surface area contributed by atoms with E-state index >= 15 is 0 Å². The van der Waals surface area contributed by atoms with Crippen molar-refractivity contribution in [1.82, 2.24) is 4.98 Å². The molecule has 24 heavy (non-hydrogen) atoms. The van der Waals surface area contributed by atoms with Gasteiger partial charge in [0.05, 0.1) is 13.7 Å². The molecule has 7 nitrogen and oxygen atoms in total. The van der Waals surface area contributed by atoms with Crippen LogP contribution in [-0.2, 0) is 4.79 Å². The van der Waals surface area contributed by atoms with Gasteiger partial charge in [-0.2, -0.15) is 0 Å². The number of benzene rings is 1. The molecule has 0 aliphatic heterocycles. The molecule has 0 aliphatic rings. The van der Waals surface area contributed by atoms with E-state index in [0.717, 1.165) is 17.0 Å². The third kappa shape index (κ3) is 5.60. The molecule has 2 rings (SSSR count). The van der Waals surface area contributed by atoms with Crippen LogP contribution in [0.15, 0.2) is 47.6 Å². The number of ether oxygens (including phenoxy) is 1. The van der Waals surface area contributed by atoms with E-state index in [1.807, 2.05) is 31.2 Å². The maximum atomic E-state index is 11.8. The van der Waals surface area contributed by atoms with Crippen molar-refractivity contribution in [3.63, 3.8) is 0 Å². The lowest BCUT2D eigenvalue weighted by Crippen LogP contribution is -2.23. The molecule has 0 fully saturated rings. The van der Waals surface area contributed by atoms with Gasteiger partial charge in [-0.1, -0.05) is 12.1 Å². The Kier molecular flexibility index (Phi) is 6.13. The summed E-state index contributed by atoms with van der Waals surface area (Å²) in [5.41, 5.74) is 7.61.